The highest BCUT2D eigenvalue weighted by atomic mass is 16.6. The van der Waals surface area contributed by atoms with Crippen molar-refractivity contribution in [2.24, 2.45) is 5.16 Å². The second kappa shape index (κ2) is 7.94. The summed E-state index contributed by atoms with van der Waals surface area (Å²) in [4.78, 5) is 16.6. The van der Waals surface area contributed by atoms with Crippen molar-refractivity contribution in [2.45, 2.75) is 25.0 Å². The van der Waals surface area contributed by atoms with Crippen LogP contribution in [0.2, 0.25) is 0 Å². The van der Waals surface area contributed by atoms with E-state index in [0.29, 0.717) is 18.4 Å². The van der Waals surface area contributed by atoms with Crippen molar-refractivity contribution in [3.8, 4) is 0 Å². The van der Waals surface area contributed by atoms with E-state index >= 15 is 0 Å². The van der Waals surface area contributed by atoms with Crippen LogP contribution in [0.4, 0.5) is 0 Å². The molecule has 1 aliphatic rings. The fraction of sp³-hybridized carbons (Fsp3) is 0.300. The molecule has 0 unspecified atom stereocenters. The number of nitrogens with zero attached hydrogens (tertiary/aromatic N) is 1. The quantitative estimate of drug-likeness (QED) is 0.622. The minimum absolute atomic E-state index is 0.0749. The van der Waals surface area contributed by atoms with E-state index in [1.807, 2.05) is 30.3 Å². The standard InChI is InChI=1S/C20H21NO4/c1-23-20(22)16-10-8-15(9-11-16)19-13-17(21-24-2)12-18(25-19)14-6-4-3-5-7-14/h3-11,18-19H,12-13H2,1-2H3/b21-17+/t18-,19+/m0/s1. The van der Waals surface area contributed by atoms with Crippen LogP contribution in [0.5, 0.6) is 0 Å². The summed E-state index contributed by atoms with van der Waals surface area (Å²) in [5, 5.41) is 4.16. The van der Waals surface area contributed by atoms with Crippen LogP contribution in [-0.2, 0) is 14.3 Å². The van der Waals surface area contributed by atoms with Crippen molar-refractivity contribution in [1.29, 1.82) is 0 Å². The smallest absolute Gasteiger partial charge is 0.337 e. The third-order valence-electron chi connectivity index (χ3n) is 4.27. The number of carbonyl (C=O) groups is 1. The van der Waals surface area contributed by atoms with Crippen LogP contribution in [0.1, 0.15) is 46.5 Å². The van der Waals surface area contributed by atoms with Gasteiger partial charge >= 0.3 is 5.97 Å². The van der Waals surface area contributed by atoms with Crippen LogP contribution >= 0.6 is 0 Å². The Kier molecular flexibility index (Phi) is 5.46. The molecule has 130 valence electrons. The van der Waals surface area contributed by atoms with E-state index in [4.69, 9.17) is 14.3 Å². The molecule has 3 rings (SSSR count). The van der Waals surface area contributed by atoms with Crippen LogP contribution in [-0.4, -0.2) is 25.9 Å². The number of benzene rings is 2. The predicted molar refractivity (Wildman–Crippen MR) is 94.5 cm³/mol. The Labute approximate surface area is 147 Å². The average Bonchev–Trinajstić information content (AvgIpc) is 2.68. The molecule has 1 fully saturated rings. The molecule has 25 heavy (non-hydrogen) atoms. The van der Waals surface area contributed by atoms with Crippen molar-refractivity contribution in [1.82, 2.24) is 0 Å². The van der Waals surface area contributed by atoms with Gasteiger partial charge in [0.25, 0.3) is 0 Å². The molecule has 0 radical (unpaired) electrons. The summed E-state index contributed by atoms with van der Waals surface area (Å²) >= 11 is 0. The second-order valence-electron chi connectivity index (χ2n) is 5.89. The molecule has 0 spiro atoms. The molecule has 0 aromatic heterocycles. The number of oxime groups is 1. The molecule has 2 atom stereocenters. The minimum atomic E-state index is -0.347. The van der Waals surface area contributed by atoms with E-state index in [2.05, 4.69) is 17.3 Å². The van der Waals surface area contributed by atoms with E-state index in [9.17, 15) is 4.79 Å². The lowest BCUT2D eigenvalue weighted by atomic mass is 9.93. The maximum atomic E-state index is 11.6. The molecule has 0 saturated carbocycles. The lowest BCUT2D eigenvalue weighted by molar-refractivity contribution is -0.0221. The Morgan fingerprint density at radius 3 is 2.12 bits per heavy atom. The summed E-state index contributed by atoms with van der Waals surface area (Å²) in [6.07, 6.45) is 1.15. The molecule has 5 heteroatoms. The maximum Gasteiger partial charge on any atom is 0.337 e. The number of esters is 1. The van der Waals surface area contributed by atoms with Crippen LogP contribution in [0.25, 0.3) is 0 Å². The van der Waals surface area contributed by atoms with Crippen LogP contribution < -0.4 is 0 Å². The zero-order chi connectivity index (χ0) is 17.6. The van der Waals surface area contributed by atoms with Gasteiger partial charge in [-0.1, -0.05) is 47.6 Å². The first-order valence-corrected chi connectivity index (χ1v) is 8.19. The van der Waals surface area contributed by atoms with Gasteiger partial charge in [0.1, 0.15) is 7.11 Å². The first-order chi connectivity index (χ1) is 12.2. The molecule has 1 aliphatic heterocycles. The largest absolute Gasteiger partial charge is 0.465 e. The van der Waals surface area contributed by atoms with Crippen molar-refractivity contribution in [3.05, 3.63) is 71.3 Å². The summed E-state index contributed by atoms with van der Waals surface area (Å²) in [5.41, 5.74) is 3.59. The summed E-state index contributed by atoms with van der Waals surface area (Å²) in [6, 6.07) is 17.4. The maximum absolute atomic E-state index is 11.6. The van der Waals surface area contributed by atoms with E-state index in [0.717, 1.165) is 16.8 Å². The van der Waals surface area contributed by atoms with Gasteiger partial charge in [-0.25, -0.2) is 4.79 Å². The van der Waals surface area contributed by atoms with Gasteiger partial charge in [0, 0.05) is 12.8 Å². The number of hydrogen-bond donors (Lipinski definition) is 0. The van der Waals surface area contributed by atoms with Crippen LogP contribution in [0, 0.1) is 0 Å². The molecular formula is C20H21NO4. The summed E-state index contributed by atoms with van der Waals surface area (Å²) in [7, 11) is 2.93. The molecule has 2 aromatic carbocycles. The Morgan fingerprint density at radius 2 is 1.56 bits per heavy atom. The van der Waals surface area contributed by atoms with E-state index in [1.165, 1.54) is 7.11 Å². The molecule has 2 aromatic rings. The third kappa shape index (κ3) is 4.06. The zero-order valence-electron chi connectivity index (χ0n) is 14.3. The van der Waals surface area contributed by atoms with Crippen LogP contribution in [0.15, 0.2) is 59.8 Å². The first-order valence-electron chi connectivity index (χ1n) is 8.19. The lowest BCUT2D eigenvalue weighted by Crippen LogP contribution is -2.23. The average molecular weight is 339 g/mol. The summed E-state index contributed by atoms with van der Waals surface area (Å²) < 4.78 is 11.0. The number of methoxy groups -OCH3 is 1. The molecule has 0 bridgehead atoms. The highest BCUT2D eigenvalue weighted by Gasteiger charge is 2.29. The monoisotopic (exact) mass is 339 g/mol. The van der Waals surface area contributed by atoms with Crippen molar-refractivity contribution in [3.63, 3.8) is 0 Å². The molecule has 5 nitrogen and oxygen atoms in total. The molecular weight excluding hydrogens is 318 g/mol. The number of ether oxygens (including phenoxy) is 2. The fourth-order valence-electron chi connectivity index (χ4n) is 3.02. The molecule has 0 aliphatic carbocycles. The predicted octanol–water partition coefficient (Wildman–Crippen LogP) is 4.07. The zero-order valence-corrected chi connectivity index (χ0v) is 14.3. The Hall–Kier alpha value is -2.66. The fourth-order valence-corrected chi connectivity index (χ4v) is 3.02. The SMILES string of the molecule is CO/N=C1\C[C@@H](c2ccccc2)O[C@@H](c2ccc(C(=O)OC)cc2)C1. The van der Waals surface area contributed by atoms with Crippen molar-refractivity contribution >= 4 is 11.7 Å². The topological polar surface area (TPSA) is 57.1 Å². The van der Waals surface area contributed by atoms with E-state index in [1.54, 1.807) is 19.2 Å². The molecule has 1 saturated heterocycles. The van der Waals surface area contributed by atoms with Crippen LogP contribution in [0.3, 0.4) is 0 Å². The Morgan fingerprint density at radius 1 is 0.960 bits per heavy atom. The molecule has 0 amide bonds. The Balaban J connectivity index is 1.84. The minimum Gasteiger partial charge on any atom is -0.465 e. The van der Waals surface area contributed by atoms with Crippen molar-refractivity contribution in [2.75, 3.05) is 14.2 Å². The van der Waals surface area contributed by atoms with Gasteiger partial charge in [0.05, 0.1) is 30.6 Å². The Bertz CT molecular complexity index is 740. The van der Waals surface area contributed by atoms with Gasteiger partial charge in [0.2, 0.25) is 0 Å². The lowest BCUT2D eigenvalue weighted by Gasteiger charge is -2.31. The highest BCUT2D eigenvalue weighted by Crippen LogP contribution is 2.37. The van der Waals surface area contributed by atoms with E-state index < -0.39 is 0 Å². The van der Waals surface area contributed by atoms with Crippen molar-refractivity contribution < 1.29 is 19.1 Å². The van der Waals surface area contributed by atoms with Gasteiger partial charge in [-0.3, -0.25) is 0 Å². The summed E-state index contributed by atoms with van der Waals surface area (Å²) in [5.74, 6) is -0.347. The van der Waals surface area contributed by atoms with Gasteiger partial charge in [-0.15, -0.1) is 0 Å². The second-order valence-corrected chi connectivity index (χ2v) is 5.89. The van der Waals surface area contributed by atoms with Gasteiger partial charge in [-0.05, 0) is 23.3 Å². The van der Waals surface area contributed by atoms with Gasteiger partial charge in [0.15, 0.2) is 0 Å². The number of rotatable bonds is 4. The normalized spacial score (nSPS) is 21.8. The van der Waals surface area contributed by atoms with E-state index in [-0.39, 0.29) is 18.2 Å². The third-order valence-corrected chi connectivity index (χ3v) is 4.27. The molecule has 1 heterocycles. The number of carbonyl (C=O) groups excluding carboxylic acids is 1. The van der Waals surface area contributed by atoms with Gasteiger partial charge < -0.3 is 14.3 Å². The number of hydrogen-bond acceptors (Lipinski definition) is 5. The molecule has 0 N–H and O–H groups in total. The highest BCUT2D eigenvalue weighted by molar-refractivity contribution is 5.89. The van der Waals surface area contributed by atoms with Gasteiger partial charge in [-0.2, -0.15) is 0 Å². The summed E-state index contributed by atoms with van der Waals surface area (Å²) in [6.45, 7) is 0. The first kappa shape index (κ1) is 17.2.